The smallest absolute Gasteiger partial charge is 0.277 e. The van der Waals surface area contributed by atoms with Crippen LogP contribution in [0.15, 0.2) is 29.1 Å². The van der Waals surface area contributed by atoms with Gasteiger partial charge in [-0.2, -0.15) is 0 Å². The molecule has 0 bridgehead atoms. The molecule has 25 heavy (non-hydrogen) atoms. The van der Waals surface area contributed by atoms with E-state index in [0.29, 0.717) is 23.9 Å². The van der Waals surface area contributed by atoms with Crippen LogP contribution < -0.4 is 5.56 Å². The minimum atomic E-state index is -0.0914. The highest BCUT2D eigenvalue weighted by molar-refractivity contribution is 5.76. The molecule has 1 aliphatic rings. The van der Waals surface area contributed by atoms with Crippen LogP contribution in [0.5, 0.6) is 0 Å². The van der Waals surface area contributed by atoms with Crippen molar-refractivity contribution in [1.29, 1.82) is 0 Å². The summed E-state index contributed by atoms with van der Waals surface area (Å²) in [5.74, 6) is 0.282. The largest absolute Gasteiger partial charge is 0.343 e. The van der Waals surface area contributed by atoms with E-state index in [1.54, 1.807) is 12.1 Å². The first-order valence-electron chi connectivity index (χ1n) is 9.36. The molecule has 0 saturated carbocycles. The van der Waals surface area contributed by atoms with Gasteiger partial charge >= 0.3 is 0 Å². The van der Waals surface area contributed by atoms with Crippen molar-refractivity contribution in [2.24, 2.45) is 0 Å². The molecule has 3 rings (SSSR count). The molecule has 6 nitrogen and oxygen atoms in total. The first-order chi connectivity index (χ1) is 12.3. The zero-order valence-electron chi connectivity index (χ0n) is 14.7. The van der Waals surface area contributed by atoms with Crippen molar-refractivity contribution in [3.8, 4) is 0 Å². The highest BCUT2D eigenvalue weighted by Gasteiger charge is 2.14. The number of aryl methyl sites for hydroxylation is 1. The van der Waals surface area contributed by atoms with Crippen LogP contribution in [0.25, 0.3) is 10.9 Å². The Labute approximate surface area is 147 Å². The van der Waals surface area contributed by atoms with Crippen LogP contribution in [0.4, 0.5) is 0 Å². The Kier molecular flexibility index (Phi) is 6.14. The zero-order valence-corrected chi connectivity index (χ0v) is 14.7. The Hall–Kier alpha value is -2.24. The number of rotatable bonds is 6. The van der Waals surface area contributed by atoms with Gasteiger partial charge in [0.15, 0.2) is 0 Å². The Bertz CT molecular complexity index is 763. The second-order valence-corrected chi connectivity index (χ2v) is 6.74. The maximum atomic E-state index is 12.3. The number of amides is 1. The average Bonchev–Trinajstić information content (AvgIpc) is 2.93. The summed E-state index contributed by atoms with van der Waals surface area (Å²) in [4.78, 5) is 26.6. The number of carbonyl (C=O) groups excluding carboxylic acids is 1. The zero-order chi connectivity index (χ0) is 17.5. The number of likely N-dealkylation sites (tertiary alicyclic amines) is 1. The number of aromatic nitrogens is 3. The molecule has 134 valence electrons. The van der Waals surface area contributed by atoms with E-state index in [9.17, 15) is 9.59 Å². The Morgan fingerprint density at radius 1 is 1.00 bits per heavy atom. The topological polar surface area (TPSA) is 68.1 Å². The summed E-state index contributed by atoms with van der Waals surface area (Å²) in [6, 6.07) is 7.26. The van der Waals surface area contributed by atoms with Crippen molar-refractivity contribution in [3.05, 3.63) is 34.6 Å². The average molecular weight is 342 g/mol. The SMILES string of the molecule is O=C(CCCCCn1nnc2ccccc2c1=O)N1CCCCCC1. The van der Waals surface area contributed by atoms with Gasteiger partial charge in [-0.25, -0.2) is 4.68 Å². The van der Waals surface area contributed by atoms with Crippen molar-refractivity contribution >= 4 is 16.8 Å². The van der Waals surface area contributed by atoms with E-state index in [4.69, 9.17) is 0 Å². The maximum Gasteiger partial charge on any atom is 0.277 e. The first-order valence-corrected chi connectivity index (χ1v) is 9.36. The number of carbonyl (C=O) groups is 1. The number of benzene rings is 1. The fourth-order valence-electron chi connectivity index (χ4n) is 3.36. The van der Waals surface area contributed by atoms with Gasteiger partial charge in [-0.15, -0.1) is 5.10 Å². The van der Waals surface area contributed by atoms with E-state index >= 15 is 0 Å². The van der Waals surface area contributed by atoms with E-state index in [-0.39, 0.29) is 11.5 Å². The lowest BCUT2D eigenvalue weighted by molar-refractivity contribution is -0.131. The molecule has 0 aliphatic carbocycles. The lowest BCUT2D eigenvalue weighted by Gasteiger charge is -2.20. The van der Waals surface area contributed by atoms with Gasteiger partial charge in [0.2, 0.25) is 5.91 Å². The lowest BCUT2D eigenvalue weighted by Crippen LogP contribution is -2.31. The van der Waals surface area contributed by atoms with Crippen LogP contribution in [0.1, 0.15) is 51.4 Å². The molecule has 6 heteroatoms. The van der Waals surface area contributed by atoms with Crippen LogP contribution in [0.2, 0.25) is 0 Å². The molecule has 2 aromatic rings. The molecule has 1 aromatic heterocycles. The van der Waals surface area contributed by atoms with Gasteiger partial charge in [0, 0.05) is 26.1 Å². The summed E-state index contributed by atoms with van der Waals surface area (Å²) in [5.41, 5.74) is 0.540. The molecular formula is C19H26N4O2. The molecular weight excluding hydrogens is 316 g/mol. The molecule has 0 N–H and O–H groups in total. The predicted molar refractivity (Wildman–Crippen MR) is 97.3 cm³/mol. The van der Waals surface area contributed by atoms with Gasteiger partial charge in [-0.1, -0.05) is 36.6 Å². The Morgan fingerprint density at radius 3 is 2.56 bits per heavy atom. The van der Waals surface area contributed by atoms with Gasteiger partial charge in [0.25, 0.3) is 5.56 Å². The number of hydrogen-bond donors (Lipinski definition) is 0. The molecule has 0 unspecified atom stereocenters. The molecule has 0 atom stereocenters. The van der Waals surface area contributed by atoms with Gasteiger partial charge < -0.3 is 4.90 Å². The molecule has 1 amide bonds. The first kappa shape index (κ1) is 17.6. The van der Waals surface area contributed by atoms with E-state index in [1.807, 2.05) is 17.0 Å². The fourth-order valence-corrected chi connectivity index (χ4v) is 3.36. The standard InChI is InChI=1S/C19H26N4O2/c24-18(22-13-7-1-2-8-14-22)12-4-3-9-15-23-19(25)16-10-5-6-11-17(16)20-21-23/h5-6,10-11H,1-4,7-9,12-15H2. The summed E-state index contributed by atoms with van der Waals surface area (Å²) in [5, 5.41) is 8.70. The van der Waals surface area contributed by atoms with E-state index in [1.165, 1.54) is 17.5 Å². The quantitative estimate of drug-likeness (QED) is 0.757. The van der Waals surface area contributed by atoms with Crippen LogP contribution in [0, 0.1) is 0 Å². The molecule has 1 fully saturated rings. The maximum absolute atomic E-state index is 12.3. The molecule has 1 saturated heterocycles. The summed E-state index contributed by atoms with van der Waals surface area (Å²) < 4.78 is 1.43. The van der Waals surface area contributed by atoms with Gasteiger partial charge in [0.1, 0.15) is 5.52 Å². The summed E-state index contributed by atoms with van der Waals surface area (Å²) in [6.07, 6.45) is 7.98. The third-order valence-electron chi connectivity index (χ3n) is 4.85. The van der Waals surface area contributed by atoms with Crippen LogP contribution in [-0.4, -0.2) is 38.9 Å². The second-order valence-electron chi connectivity index (χ2n) is 6.74. The highest BCUT2D eigenvalue weighted by Crippen LogP contribution is 2.12. The van der Waals surface area contributed by atoms with Crippen molar-refractivity contribution in [2.75, 3.05) is 13.1 Å². The predicted octanol–water partition coefficient (Wildman–Crippen LogP) is 2.75. The third kappa shape index (κ3) is 4.65. The van der Waals surface area contributed by atoms with Crippen molar-refractivity contribution < 1.29 is 4.79 Å². The van der Waals surface area contributed by atoms with Gasteiger partial charge in [-0.05, 0) is 37.8 Å². The summed E-state index contributed by atoms with van der Waals surface area (Å²) in [6.45, 7) is 2.39. The number of fused-ring (bicyclic) bond motifs is 1. The minimum absolute atomic E-state index is 0.0914. The van der Waals surface area contributed by atoms with Crippen molar-refractivity contribution in [1.82, 2.24) is 19.9 Å². The lowest BCUT2D eigenvalue weighted by atomic mass is 10.1. The number of nitrogens with zero attached hydrogens (tertiary/aromatic N) is 4. The minimum Gasteiger partial charge on any atom is -0.343 e. The van der Waals surface area contributed by atoms with Crippen molar-refractivity contribution in [3.63, 3.8) is 0 Å². The van der Waals surface area contributed by atoms with Crippen molar-refractivity contribution in [2.45, 2.75) is 57.9 Å². The normalized spacial score (nSPS) is 15.3. The Balaban J connectivity index is 1.43. The van der Waals surface area contributed by atoms with Crippen LogP contribution >= 0.6 is 0 Å². The number of unbranched alkanes of at least 4 members (excludes halogenated alkanes) is 2. The molecule has 1 aromatic carbocycles. The van der Waals surface area contributed by atoms with Gasteiger partial charge in [-0.3, -0.25) is 9.59 Å². The van der Waals surface area contributed by atoms with Gasteiger partial charge in [0.05, 0.1) is 5.39 Å². The highest BCUT2D eigenvalue weighted by atomic mass is 16.2. The van der Waals surface area contributed by atoms with Crippen LogP contribution in [-0.2, 0) is 11.3 Å². The fraction of sp³-hybridized carbons (Fsp3) is 0.579. The summed E-state index contributed by atoms with van der Waals surface area (Å²) in [7, 11) is 0. The molecule has 0 radical (unpaired) electrons. The molecule has 0 spiro atoms. The van der Waals surface area contributed by atoms with Crippen LogP contribution in [0.3, 0.4) is 0 Å². The monoisotopic (exact) mass is 342 g/mol. The number of hydrogen-bond acceptors (Lipinski definition) is 4. The second kappa shape index (κ2) is 8.74. The van der Waals surface area contributed by atoms with E-state index in [2.05, 4.69) is 10.3 Å². The molecule has 1 aliphatic heterocycles. The third-order valence-corrected chi connectivity index (χ3v) is 4.85. The molecule has 2 heterocycles. The summed E-state index contributed by atoms with van der Waals surface area (Å²) >= 11 is 0. The van der Waals surface area contributed by atoms with E-state index < -0.39 is 0 Å². The van der Waals surface area contributed by atoms with E-state index in [0.717, 1.165) is 45.2 Å². The Morgan fingerprint density at radius 2 is 1.76 bits per heavy atom.